The lowest BCUT2D eigenvalue weighted by Crippen LogP contribution is -2.20. The van der Waals surface area contributed by atoms with Crippen molar-refractivity contribution in [3.63, 3.8) is 0 Å². The van der Waals surface area contributed by atoms with E-state index < -0.39 is 0 Å². The molecule has 1 heterocycles. The van der Waals surface area contributed by atoms with Crippen LogP contribution in [0.2, 0.25) is 0 Å². The van der Waals surface area contributed by atoms with Crippen molar-refractivity contribution in [3.8, 4) is 0 Å². The van der Waals surface area contributed by atoms with E-state index in [4.69, 9.17) is 4.74 Å². The normalized spacial score (nSPS) is 21.0. The van der Waals surface area contributed by atoms with E-state index >= 15 is 0 Å². The van der Waals surface area contributed by atoms with E-state index in [1.165, 1.54) is 17.5 Å². The molecule has 0 aromatic heterocycles. The van der Waals surface area contributed by atoms with Gasteiger partial charge in [0.25, 0.3) is 0 Å². The average Bonchev–Trinajstić information content (AvgIpc) is 2.61. The molecule has 0 radical (unpaired) electrons. The Kier molecular flexibility index (Phi) is 5.35. The first-order valence-electron chi connectivity index (χ1n) is 9.06. The van der Waals surface area contributed by atoms with Crippen molar-refractivity contribution in [2.75, 3.05) is 6.61 Å². The van der Waals surface area contributed by atoms with Gasteiger partial charge in [-0.3, -0.25) is 0 Å². The van der Waals surface area contributed by atoms with E-state index in [0.717, 1.165) is 36.0 Å². The standard InChI is InChI=1S/C22H27FO/c1-4-5-17-7-9-18(10-8-17)19-11-13-21(24-14-19)20-12-6-15(2)16(3)22(20)23/h6-10,12,19,21H,4-5,11,13-14H2,1-3H3. The van der Waals surface area contributed by atoms with Gasteiger partial charge in [0.2, 0.25) is 0 Å². The van der Waals surface area contributed by atoms with Crippen LogP contribution >= 0.6 is 0 Å². The van der Waals surface area contributed by atoms with E-state index in [-0.39, 0.29) is 11.9 Å². The molecule has 2 atom stereocenters. The second-order valence-corrected chi connectivity index (χ2v) is 7.00. The fraction of sp³-hybridized carbons (Fsp3) is 0.455. The minimum atomic E-state index is -0.111. The molecule has 128 valence electrons. The number of hydrogen-bond acceptors (Lipinski definition) is 1. The van der Waals surface area contributed by atoms with Gasteiger partial charge in [0.1, 0.15) is 5.82 Å². The molecule has 1 aliphatic rings. The number of ether oxygens (including phenoxy) is 1. The summed E-state index contributed by atoms with van der Waals surface area (Å²) >= 11 is 0. The SMILES string of the molecule is CCCc1ccc(C2CCC(c3ccc(C)c(C)c3F)OC2)cc1. The molecular weight excluding hydrogens is 299 g/mol. The molecule has 1 fully saturated rings. The van der Waals surface area contributed by atoms with Gasteiger partial charge >= 0.3 is 0 Å². The van der Waals surface area contributed by atoms with Gasteiger partial charge in [-0.05, 0) is 55.4 Å². The highest BCUT2D eigenvalue weighted by molar-refractivity contribution is 5.34. The molecule has 0 aliphatic carbocycles. The predicted octanol–water partition coefficient (Wildman–Crippen LogP) is 6.03. The summed E-state index contributed by atoms with van der Waals surface area (Å²) in [7, 11) is 0. The Hall–Kier alpha value is -1.67. The van der Waals surface area contributed by atoms with Gasteiger partial charge in [0, 0.05) is 11.5 Å². The van der Waals surface area contributed by atoms with Gasteiger partial charge < -0.3 is 4.74 Å². The molecule has 1 aliphatic heterocycles. The molecule has 2 aromatic carbocycles. The van der Waals surface area contributed by atoms with Crippen LogP contribution in [0.5, 0.6) is 0 Å². The number of hydrogen-bond donors (Lipinski definition) is 0. The average molecular weight is 326 g/mol. The Morgan fingerprint density at radius 3 is 2.42 bits per heavy atom. The zero-order valence-corrected chi connectivity index (χ0v) is 14.9. The zero-order valence-electron chi connectivity index (χ0n) is 14.9. The maximum absolute atomic E-state index is 14.5. The highest BCUT2D eigenvalue weighted by Gasteiger charge is 2.26. The number of rotatable bonds is 4. The Morgan fingerprint density at radius 2 is 1.79 bits per heavy atom. The summed E-state index contributed by atoms with van der Waals surface area (Å²) in [5.41, 5.74) is 5.19. The summed E-state index contributed by atoms with van der Waals surface area (Å²) in [6.45, 7) is 6.67. The molecule has 3 rings (SSSR count). The second-order valence-electron chi connectivity index (χ2n) is 7.00. The van der Waals surface area contributed by atoms with Gasteiger partial charge in [0.15, 0.2) is 0 Å². The summed E-state index contributed by atoms with van der Waals surface area (Å²) in [4.78, 5) is 0. The molecule has 2 heteroatoms. The molecule has 2 aromatic rings. The fourth-order valence-electron chi connectivity index (χ4n) is 3.56. The van der Waals surface area contributed by atoms with Crippen LogP contribution in [0.25, 0.3) is 0 Å². The molecule has 1 saturated heterocycles. The third-order valence-corrected chi connectivity index (χ3v) is 5.30. The van der Waals surface area contributed by atoms with E-state index in [9.17, 15) is 4.39 Å². The van der Waals surface area contributed by atoms with Crippen molar-refractivity contribution in [1.82, 2.24) is 0 Å². The number of aryl methyl sites for hydroxylation is 2. The first-order chi connectivity index (χ1) is 11.6. The van der Waals surface area contributed by atoms with Crippen molar-refractivity contribution in [1.29, 1.82) is 0 Å². The third kappa shape index (κ3) is 3.54. The van der Waals surface area contributed by atoms with Gasteiger partial charge in [-0.25, -0.2) is 4.39 Å². The quantitative estimate of drug-likeness (QED) is 0.666. The molecule has 0 N–H and O–H groups in total. The van der Waals surface area contributed by atoms with Crippen LogP contribution in [-0.4, -0.2) is 6.61 Å². The Morgan fingerprint density at radius 1 is 1.04 bits per heavy atom. The van der Waals surface area contributed by atoms with E-state index in [2.05, 4.69) is 31.2 Å². The Bertz CT molecular complexity index is 682. The van der Waals surface area contributed by atoms with Crippen LogP contribution < -0.4 is 0 Å². The maximum atomic E-state index is 14.5. The molecule has 0 amide bonds. The molecule has 0 spiro atoms. The fourth-order valence-corrected chi connectivity index (χ4v) is 3.56. The van der Waals surface area contributed by atoms with Crippen LogP contribution in [0.3, 0.4) is 0 Å². The lowest BCUT2D eigenvalue weighted by Gasteiger charge is -2.30. The first kappa shape index (κ1) is 17.2. The minimum Gasteiger partial charge on any atom is -0.373 e. The number of halogens is 1. The van der Waals surface area contributed by atoms with Crippen molar-refractivity contribution in [2.24, 2.45) is 0 Å². The maximum Gasteiger partial charge on any atom is 0.132 e. The largest absolute Gasteiger partial charge is 0.373 e. The van der Waals surface area contributed by atoms with E-state index in [0.29, 0.717) is 12.5 Å². The Labute approximate surface area is 144 Å². The van der Waals surface area contributed by atoms with Crippen molar-refractivity contribution in [3.05, 3.63) is 70.0 Å². The van der Waals surface area contributed by atoms with Gasteiger partial charge in [-0.1, -0.05) is 49.7 Å². The zero-order chi connectivity index (χ0) is 17.1. The summed E-state index contributed by atoms with van der Waals surface area (Å²) in [6, 6.07) is 12.8. The monoisotopic (exact) mass is 326 g/mol. The van der Waals surface area contributed by atoms with Gasteiger partial charge in [-0.15, -0.1) is 0 Å². The molecule has 0 saturated carbocycles. The number of benzene rings is 2. The van der Waals surface area contributed by atoms with Gasteiger partial charge in [0.05, 0.1) is 12.7 Å². The molecule has 24 heavy (non-hydrogen) atoms. The minimum absolute atomic E-state index is 0.0950. The molecule has 1 nitrogen and oxygen atoms in total. The Balaban J connectivity index is 1.66. The van der Waals surface area contributed by atoms with Crippen molar-refractivity contribution >= 4 is 0 Å². The van der Waals surface area contributed by atoms with Crippen molar-refractivity contribution < 1.29 is 9.13 Å². The van der Waals surface area contributed by atoms with Crippen LogP contribution in [-0.2, 0) is 11.2 Å². The first-order valence-corrected chi connectivity index (χ1v) is 9.06. The second kappa shape index (κ2) is 7.48. The van der Waals surface area contributed by atoms with Crippen LogP contribution in [0, 0.1) is 19.7 Å². The van der Waals surface area contributed by atoms with Crippen LogP contribution in [0.15, 0.2) is 36.4 Å². The van der Waals surface area contributed by atoms with Gasteiger partial charge in [-0.2, -0.15) is 0 Å². The lowest BCUT2D eigenvalue weighted by atomic mass is 9.88. The predicted molar refractivity (Wildman–Crippen MR) is 97.0 cm³/mol. The van der Waals surface area contributed by atoms with E-state index in [1.54, 1.807) is 0 Å². The lowest BCUT2D eigenvalue weighted by molar-refractivity contribution is 0.000352. The third-order valence-electron chi connectivity index (χ3n) is 5.30. The highest BCUT2D eigenvalue weighted by Crippen LogP contribution is 2.37. The summed E-state index contributed by atoms with van der Waals surface area (Å²) < 4.78 is 20.5. The van der Waals surface area contributed by atoms with E-state index in [1.807, 2.05) is 26.0 Å². The highest BCUT2D eigenvalue weighted by atomic mass is 19.1. The van der Waals surface area contributed by atoms with Crippen LogP contribution in [0.4, 0.5) is 4.39 Å². The molecule has 2 unspecified atom stereocenters. The van der Waals surface area contributed by atoms with Crippen molar-refractivity contribution in [2.45, 2.75) is 58.5 Å². The summed E-state index contributed by atoms with van der Waals surface area (Å²) in [5, 5.41) is 0. The smallest absolute Gasteiger partial charge is 0.132 e. The topological polar surface area (TPSA) is 9.23 Å². The molecular formula is C22H27FO. The summed E-state index contributed by atoms with van der Waals surface area (Å²) in [6.07, 6.45) is 4.12. The van der Waals surface area contributed by atoms with Crippen LogP contribution in [0.1, 0.15) is 66.0 Å². The molecule has 0 bridgehead atoms. The summed E-state index contributed by atoms with van der Waals surface area (Å²) in [5.74, 6) is 0.328.